The molecule has 3 N–H and O–H groups in total. The lowest BCUT2D eigenvalue weighted by atomic mass is 10.2. The molecule has 5 nitrogen and oxygen atoms in total. The smallest absolute Gasteiger partial charge is 0.308 e. The number of benzene rings is 2. The number of hydrogen-bond acceptors (Lipinski definition) is 2. The third kappa shape index (κ3) is 3.09. The highest BCUT2D eigenvalue weighted by Crippen LogP contribution is 2.25. The maximum absolute atomic E-state index is 11.9. The first-order valence-electron chi connectivity index (χ1n) is 6.08. The molecular weight excluding hydrogens is 311 g/mol. The van der Waals surface area contributed by atoms with E-state index in [1.807, 2.05) is 6.07 Å². The van der Waals surface area contributed by atoms with E-state index in [0.29, 0.717) is 21.4 Å². The molecule has 0 aliphatic carbocycles. The molecule has 0 atom stereocenters. The van der Waals surface area contributed by atoms with Crippen molar-refractivity contribution in [2.75, 3.05) is 10.6 Å². The molecule has 0 spiro atoms. The number of carbonyl (C=O) groups is 1. The van der Waals surface area contributed by atoms with Gasteiger partial charge in [0.25, 0.3) is 0 Å². The number of amides is 2. The average molecular weight is 321 g/mol. The molecular formula is C14H10Cl2N4O. The van der Waals surface area contributed by atoms with Crippen LogP contribution >= 0.6 is 23.2 Å². The second kappa shape index (κ2) is 5.63. The number of aromatic nitrogens is 2. The molecule has 3 rings (SSSR count). The van der Waals surface area contributed by atoms with Crippen molar-refractivity contribution in [2.24, 2.45) is 0 Å². The lowest BCUT2D eigenvalue weighted by Crippen LogP contribution is -2.19. The van der Waals surface area contributed by atoms with Crippen molar-refractivity contribution in [3.05, 3.63) is 52.6 Å². The molecule has 0 saturated carbocycles. The predicted molar refractivity (Wildman–Crippen MR) is 85.2 cm³/mol. The van der Waals surface area contributed by atoms with Crippen molar-refractivity contribution in [3.63, 3.8) is 0 Å². The minimum Gasteiger partial charge on any atom is -0.308 e. The van der Waals surface area contributed by atoms with E-state index in [0.717, 1.165) is 10.9 Å². The fourth-order valence-electron chi connectivity index (χ4n) is 1.88. The van der Waals surface area contributed by atoms with Crippen LogP contribution in [0.25, 0.3) is 10.9 Å². The van der Waals surface area contributed by atoms with Gasteiger partial charge in [-0.05, 0) is 36.4 Å². The minimum atomic E-state index is -0.368. The Labute approximate surface area is 130 Å². The van der Waals surface area contributed by atoms with Gasteiger partial charge >= 0.3 is 6.03 Å². The van der Waals surface area contributed by atoms with Gasteiger partial charge in [0.2, 0.25) is 0 Å². The molecule has 21 heavy (non-hydrogen) atoms. The average Bonchev–Trinajstić information content (AvgIpc) is 2.90. The lowest BCUT2D eigenvalue weighted by molar-refractivity contribution is 0.262. The highest BCUT2D eigenvalue weighted by Gasteiger charge is 2.06. The Kier molecular flexibility index (Phi) is 3.68. The number of nitrogens with one attached hydrogen (secondary N) is 3. The van der Waals surface area contributed by atoms with Gasteiger partial charge in [-0.15, -0.1) is 0 Å². The second-order valence-corrected chi connectivity index (χ2v) is 5.19. The summed E-state index contributed by atoms with van der Waals surface area (Å²) in [7, 11) is 0. The Morgan fingerprint density at radius 3 is 2.48 bits per heavy atom. The Hall–Kier alpha value is -2.24. The molecule has 0 fully saturated rings. The molecule has 3 aromatic rings. The Balaban J connectivity index is 1.71. The molecule has 0 aliphatic rings. The number of nitrogens with zero attached hydrogens (tertiary/aromatic N) is 1. The summed E-state index contributed by atoms with van der Waals surface area (Å²) in [5.74, 6) is 0. The van der Waals surface area contributed by atoms with E-state index in [2.05, 4.69) is 20.8 Å². The molecule has 1 aromatic heterocycles. The van der Waals surface area contributed by atoms with Gasteiger partial charge in [-0.1, -0.05) is 23.2 Å². The summed E-state index contributed by atoms with van der Waals surface area (Å²) >= 11 is 11.7. The fourth-order valence-corrected chi connectivity index (χ4v) is 2.18. The predicted octanol–water partition coefficient (Wildman–Crippen LogP) is 4.51. The first-order valence-corrected chi connectivity index (χ1v) is 6.83. The molecule has 7 heteroatoms. The summed E-state index contributed by atoms with van der Waals surface area (Å²) in [6.07, 6.45) is 1.72. The van der Waals surface area contributed by atoms with E-state index in [-0.39, 0.29) is 6.03 Å². The van der Waals surface area contributed by atoms with Gasteiger partial charge in [-0.3, -0.25) is 5.10 Å². The van der Waals surface area contributed by atoms with E-state index in [1.54, 1.807) is 36.5 Å². The second-order valence-electron chi connectivity index (χ2n) is 4.38. The van der Waals surface area contributed by atoms with E-state index in [9.17, 15) is 4.79 Å². The molecule has 0 unspecified atom stereocenters. The number of carbonyl (C=O) groups excluding carboxylic acids is 1. The standard InChI is InChI=1S/C14H10Cl2N4O/c15-11-4-3-9(5-12(11)16)18-14(21)19-10-2-1-8-7-17-20-13(8)6-10/h1-7H,(H,17,20)(H2,18,19,21). The summed E-state index contributed by atoms with van der Waals surface area (Å²) < 4.78 is 0. The van der Waals surface area contributed by atoms with Crippen LogP contribution in [0.5, 0.6) is 0 Å². The zero-order chi connectivity index (χ0) is 14.8. The fraction of sp³-hybridized carbons (Fsp3) is 0. The number of anilines is 2. The van der Waals surface area contributed by atoms with Crippen LogP contribution in [-0.2, 0) is 0 Å². The van der Waals surface area contributed by atoms with Crippen LogP contribution in [0.3, 0.4) is 0 Å². The maximum atomic E-state index is 11.9. The normalized spacial score (nSPS) is 10.6. The Morgan fingerprint density at radius 1 is 1.00 bits per heavy atom. The van der Waals surface area contributed by atoms with Gasteiger partial charge < -0.3 is 10.6 Å². The van der Waals surface area contributed by atoms with Crippen molar-refractivity contribution in [1.82, 2.24) is 10.2 Å². The monoisotopic (exact) mass is 320 g/mol. The number of rotatable bonds is 2. The number of H-pyrrole nitrogens is 1. The Bertz CT molecular complexity index is 816. The number of aromatic amines is 1. The molecule has 0 aliphatic heterocycles. The van der Waals surface area contributed by atoms with Gasteiger partial charge in [0, 0.05) is 16.8 Å². The topological polar surface area (TPSA) is 69.8 Å². The first-order chi connectivity index (χ1) is 10.1. The molecule has 0 radical (unpaired) electrons. The summed E-state index contributed by atoms with van der Waals surface area (Å²) in [6, 6.07) is 9.98. The van der Waals surface area contributed by atoms with Crippen LogP contribution in [0.15, 0.2) is 42.6 Å². The zero-order valence-electron chi connectivity index (χ0n) is 10.7. The van der Waals surface area contributed by atoms with E-state index in [4.69, 9.17) is 23.2 Å². The highest BCUT2D eigenvalue weighted by atomic mass is 35.5. The van der Waals surface area contributed by atoms with Crippen molar-refractivity contribution in [1.29, 1.82) is 0 Å². The van der Waals surface area contributed by atoms with E-state index >= 15 is 0 Å². The van der Waals surface area contributed by atoms with Crippen LogP contribution in [0, 0.1) is 0 Å². The summed E-state index contributed by atoms with van der Waals surface area (Å²) in [5.41, 5.74) is 2.07. The highest BCUT2D eigenvalue weighted by molar-refractivity contribution is 6.42. The SMILES string of the molecule is O=C(Nc1ccc(Cl)c(Cl)c1)Nc1ccc2cn[nH]c2c1. The van der Waals surface area contributed by atoms with Crippen molar-refractivity contribution >= 4 is 51.5 Å². The van der Waals surface area contributed by atoms with E-state index < -0.39 is 0 Å². The zero-order valence-corrected chi connectivity index (χ0v) is 12.2. The number of hydrogen-bond donors (Lipinski definition) is 3. The molecule has 1 heterocycles. The van der Waals surface area contributed by atoms with Crippen molar-refractivity contribution in [2.45, 2.75) is 0 Å². The number of fused-ring (bicyclic) bond motifs is 1. The van der Waals surface area contributed by atoms with Crippen molar-refractivity contribution < 1.29 is 4.79 Å². The quantitative estimate of drug-likeness (QED) is 0.650. The third-order valence-corrected chi connectivity index (χ3v) is 3.62. The maximum Gasteiger partial charge on any atom is 0.323 e. The molecule has 0 bridgehead atoms. The van der Waals surface area contributed by atoms with Gasteiger partial charge in [0.1, 0.15) is 0 Å². The molecule has 0 saturated heterocycles. The van der Waals surface area contributed by atoms with Crippen LogP contribution < -0.4 is 10.6 Å². The molecule has 2 aromatic carbocycles. The van der Waals surface area contributed by atoms with Gasteiger partial charge in [0.15, 0.2) is 0 Å². The molecule has 106 valence electrons. The van der Waals surface area contributed by atoms with E-state index in [1.165, 1.54) is 0 Å². The van der Waals surface area contributed by atoms with Gasteiger partial charge in [-0.25, -0.2) is 4.79 Å². The number of halogens is 2. The van der Waals surface area contributed by atoms with Gasteiger partial charge in [-0.2, -0.15) is 5.10 Å². The first kappa shape index (κ1) is 13.7. The summed E-state index contributed by atoms with van der Waals surface area (Å²) in [4.78, 5) is 11.9. The largest absolute Gasteiger partial charge is 0.323 e. The third-order valence-electron chi connectivity index (χ3n) is 2.88. The van der Waals surface area contributed by atoms with Gasteiger partial charge in [0.05, 0.1) is 21.8 Å². The summed E-state index contributed by atoms with van der Waals surface area (Å²) in [5, 5.41) is 14.0. The number of urea groups is 1. The van der Waals surface area contributed by atoms with Crippen LogP contribution in [-0.4, -0.2) is 16.2 Å². The Morgan fingerprint density at radius 2 is 1.71 bits per heavy atom. The van der Waals surface area contributed by atoms with Crippen LogP contribution in [0.1, 0.15) is 0 Å². The van der Waals surface area contributed by atoms with Crippen molar-refractivity contribution in [3.8, 4) is 0 Å². The van der Waals surface area contributed by atoms with Crippen LogP contribution in [0.2, 0.25) is 10.0 Å². The molecule has 2 amide bonds. The minimum absolute atomic E-state index is 0.368. The lowest BCUT2D eigenvalue weighted by Gasteiger charge is -2.08. The summed E-state index contributed by atoms with van der Waals surface area (Å²) in [6.45, 7) is 0. The van der Waals surface area contributed by atoms with Crippen LogP contribution in [0.4, 0.5) is 16.2 Å².